The Morgan fingerprint density at radius 3 is 2.74 bits per heavy atom. The quantitative estimate of drug-likeness (QED) is 0.741. The number of nitrogens with two attached hydrogens (primary N) is 1. The van der Waals surface area contributed by atoms with Crippen molar-refractivity contribution in [1.82, 2.24) is 9.97 Å². The Hall–Kier alpha value is -2.02. The van der Waals surface area contributed by atoms with Gasteiger partial charge in [0, 0.05) is 6.42 Å². The number of nitrogens with zero attached hydrogens (tertiary/aromatic N) is 1. The van der Waals surface area contributed by atoms with Gasteiger partial charge in [-0.3, -0.25) is 4.72 Å². The summed E-state index contributed by atoms with van der Waals surface area (Å²) in [6.07, 6.45) is 1.94. The normalized spacial score (nSPS) is 11.5. The van der Waals surface area contributed by atoms with Gasteiger partial charge in [0.1, 0.15) is 5.82 Å². The van der Waals surface area contributed by atoms with Crippen LogP contribution in [0.25, 0.3) is 0 Å². The molecule has 6 nitrogen and oxygen atoms in total. The molecule has 0 fully saturated rings. The van der Waals surface area contributed by atoms with Crippen molar-refractivity contribution in [3.05, 3.63) is 35.8 Å². The first-order valence-electron chi connectivity index (χ1n) is 5.86. The molecule has 4 N–H and O–H groups in total. The lowest BCUT2D eigenvalue weighted by Crippen LogP contribution is -2.15. The fraction of sp³-hybridized carbons (Fsp3) is 0.250. The predicted octanol–water partition coefficient (Wildman–Crippen LogP) is 1.66. The molecule has 0 spiro atoms. The number of imidazole rings is 1. The average Bonchev–Trinajstić information content (AvgIpc) is 2.83. The number of aromatic nitrogens is 2. The van der Waals surface area contributed by atoms with Gasteiger partial charge in [-0.1, -0.05) is 19.1 Å². The summed E-state index contributed by atoms with van der Waals surface area (Å²) < 4.78 is 26.9. The molecule has 7 heteroatoms. The zero-order valence-corrected chi connectivity index (χ0v) is 11.6. The Balaban J connectivity index is 2.36. The Bertz CT molecular complexity index is 671. The van der Waals surface area contributed by atoms with E-state index in [0.29, 0.717) is 23.6 Å². The first-order valence-corrected chi connectivity index (χ1v) is 7.34. The highest BCUT2D eigenvalue weighted by Crippen LogP contribution is 2.25. The van der Waals surface area contributed by atoms with Crippen molar-refractivity contribution in [3.8, 4) is 0 Å². The molecule has 0 saturated heterocycles. The first-order chi connectivity index (χ1) is 8.94. The molecule has 0 aliphatic rings. The number of hydrogen-bond donors (Lipinski definition) is 3. The zero-order valence-electron chi connectivity index (χ0n) is 10.8. The fourth-order valence-electron chi connectivity index (χ4n) is 1.68. The topological polar surface area (TPSA) is 101 Å². The molecular weight excluding hydrogens is 264 g/mol. The maximum Gasteiger partial charge on any atom is 0.279 e. The molecule has 2 rings (SSSR count). The third kappa shape index (κ3) is 2.70. The number of para-hydroxylation sites is 1. The highest BCUT2D eigenvalue weighted by atomic mass is 32.2. The van der Waals surface area contributed by atoms with Gasteiger partial charge in [0.15, 0.2) is 5.03 Å². The van der Waals surface area contributed by atoms with Crippen molar-refractivity contribution in [3.63, 3.8) is 0 Å². The fourth-order valence-corrected chi connectivity index (χ4v) is 2.78. The Kier molecular flexibility index (Phi) is 3.48. The lowest BCUT2D eigenvalue weighted by Gasteiger charge is -2.11. The first kappa shape index (κ1) is 13.4. The maximum absolute atomic E-state index is 12.2. The zero-order chi connectivity index (χ0) is 14.0. The smallest absolute Gasteiger partial charge is 0.279 e. The number of benzene rings is 1. The van der Waals surface area contributed by atoms with Crippen molar-refractivity contribution >= 4 is 21.4 Å². The van der Waals surface area contributed by atoms with E-state index in [4.69, 9.17) is 5.73 Å². The number of aryl methyl sites for hydroxylation is 2. The minimum absolute atomic E-state index is 0.0343. The average molecular weight is 280 g/mol. The highest BCUT2D eigenvalue weighted by molar-refractivity contribution is 7.92. The number of nitrogens with one attached hydrogen (secondary N) is 2. The summed E-state index contributed by atoms with van der Waals surface area (Å²) in [6, 6.07) is 5.21. The van der Waals surface area contributed by atoms with Gasteiger partial charge in [0.05, 0.1) is 17.6 Å². The second kappa shape index (κ2) is 4.93. The Labute approximate surface area is 112 Å². The molecule has 0 amide bonds. The van der Waals surface area contributed by atoms with Crippen LogP contribution in [0.4, 0.5) is 11.4 Å². The second-order valence-corrected chi connectivity index (χ2v) is 5.84. The van der Waals surface area contributed by atoms with E-state index in [-0.39, 0.29) is 5.03 Å². The van der Waals surface area contributed by atoms with Gasteiger partial charge in [-0.2, -0.15) is 8.42 Å². The summed E-state index contributed by atoms with van der Waals surface area (Å²) in [6.45, 7) is 3.68. The van der Waals surface area contributed by atoms with Gasteiger partial charge in [-0.05, 0) is 18.6 Å². The van der Waals surface area contributed by atoms with Crippen molar-refractivity contribution < 1.29 is 8.42 Å². The maximum atomic E-state index is 12.2. The van der Waals surface area contributed by atoms with E-state index in [0.717, 1.165) is 5.56 Å². The SMILES string of the molecule is CCc1ncc(S(=O)(=O)Nc2c(C)cccc2N)[nH]1. The van der Waals surface area contributed by atoms with E-state index in [1.54, 1.807) is 25.1 Å². The van der Waals surface area contributed by atoms with Crippen LogP contribution in [-0.2, 0) is 16.4 Å². The third-order valence-corrected chi connectivity index (χ3v) is 4.03. The van der Waals surface area contributed by atoms with Crippen LogP contribution in [-0.4, -0.2) is 18.4 Å². The monoisotopic (exact) mass is 280 g/mol. The van der Waals surface area contributed by atoms with Crippen LogP contribution in [0.15, 0.2) is 29.4 Å². The van der Waals surface area contributed by atoms with Crippen molar-refractivity contribution in [1.29, 1.82) is 0 Å². The van der Waals surface area contributed by atoms with Crippen LogP contribution >= 0.6 is 0 Å². The molecule has 1 heterocycles. The van der Waals surface area contributed by atoms with Crippen LogP contribution in [0.2, 0.25) is 0 Å². The van der Waals surface area contributed by atoms with E-state index in [1.807, 2.05) is 6.92 Å². The van der Waals surface area contributed by atoms with Crippen LogP contribution in [0.1, 0.15) is 18.3 Å². The van der Waals surface area contributed by atoms with Crippen molar-refractivity contribution in [2.24, 2.45) is 0 Å². The number of aromatic amines is 1. The van der Waals surface area contributed by atoms with Crippen LogP contribution in [0.5, 0.6) is 0 Å². The molecular formula is C12H16N4O2S. The molecule has 0 saturated carbocycles. The van der Waals surface area contributed by atoms with Gasteiger partial charge in [0.25, 0.3) is 10.0 Å². The molecule has 0 atom stereocenters. The van der Waals surface area contributed by atoms with Gasteiger partial charge < -0.3 is 10.7 Å². The molecule has 0 unspecified atom stereocenters. The molecule has 2 aromatic rings. The molecule has 0 radical (unpaired) electrons. The number of sulfonamides is 1. The van der Waals surface area contributed by atoms with Gasteiger partial charge >= 0.3 is 0 Å². The number of hydrogen-bond acceptors (Lipinski definition) is 4. The van der Waals surface area contributed by atoms with E-state index in [1.165, 1.54) is 6.20 Å². The van der Waals surface area contributed by atoms with Crippen molar-refractivity contribution in [2.45, 2.75) is 25.3 Å². The minimum atomic E-state index is -3.70. The molecule has 102 valence electrons. The number of rotatable bonds is 4. The second-order valence-electron chi connectivity index (χ2n) is 4.19. The van der Waals surface area contributed by atoms with E-state index in [2.05, 4.69) is 14.7 Å². The highest BCUT2D eigenvalue weighted by Gasteiger charge is 2.19. The Morgan fingerprint density at radius 2 is 2.16 bits per heavy atom. The summed E-state index contributed by atoms with van der Waals surface area (Å²) in [7, 11) is -3.70. The standard InChI is InChI=1S/C12H16N4O2S/c1-3-10-14-7-11(15-10)19(17,18)16-12-8(2)5-4-6-9(12)13/h4-7,16H,3,13H2,1-2H3,(H,14,15). The summed E-state index contributed by atoms with van der Waals surface area (Å²) in [5, 5.41) is 0.0343. The van der Waals surface area contributed by atoms with Gasteiger partial charge in [-0.25, -0.2) is 4.98 Å². The largest absolute Gasteiger partial charge is 0.397 e. The number of nitrogen functional groups attached to an aromatic ring is 1. The lowest BCUT2D eigenvalue weighted by atomic mass is 10.2. The van der Waals surface area contributed by atoms with Crippen LogP contribution in [0, 0.1) is 6.92 Å². The van der Waals surface area contributed by atoms with Gasteiger partial charge in [0.2, 0.25) is 0 Å². The molecule has 1 aromatic carbocycles. The summed E-state index contributed by atoms with van der Waals surface area (Å²) in [4.78, 5) is 6.74. The summed E-state index contributed by atoms with van der Waals surface area (Å²) in [5.74, 6) is 0.623. The van der Waals surface area contributed by atoms with Crippen molar-refractivity contribution in [2.75, 3.05) is 10.5 Å². The predicted molar refractivity (Wildman–Crippen MR) is 74.4 cm³/mol. The van der Waals surface area contributed by atoms with E-state index >= 15 is 0 Å². The summed E-state index contributed by atoms with van der Waals surface area (Å²) >= 11 is 0. The number of H-pyrrole nitrogens is 1. The minimum Gasteiger partial charge on any atom is -0.397 e. The van der Waals surface area contributed by atoms with E-state index < -0.39 is 10.0 Å². The molecule has 0 aliphatic heterocycles. The molecule has 1 aromatic heterocycles. The number of anilines is 2. The van der Waals surface area contributed by atoms with E-state index in [9.17, 15) is 8.42 Å². The Morgan fingerprint density at radius 1 is 1.42 bits per heavy atom. The summed E-state index contributed by atoms with van der Waals surface area (Å²) in [5.41, 5.74) is 7.33. The molecule has 0 bridgehead atoms. The van der Waals surface area contributed by atoms with Crippen LogP contribution in [0.3, 0.4) is 0 Å². The third-order valence-electron chi connectivity index (χ3n) is 2.77. The molecule has 19 heavy (non-hydrogen) atoms. The molecule has 0 aliphatic carbocycles. The van der Waals surface area contributed by atoms with Crippen LogP contribution < -0.4 is 10.5 Å². The van der Waals surface area contributed by atoms with Gasteiger partial charge in [-0.15, -0.1) is 0 Å². The lowest BCUT2D eigenvalue weighted by molar-refractivity contribution is 0.598.